The fourth-order valence-corrected chi connectivity index (χ4v) is 7.91. The Balaban J connectivity index is 1.60. The molecular weight excluding hydrogens is 697 g/mol. The molecule has 0 aliphatic carbocycles. The van der Waals surface area contributed by atoms with Crippen molar-refractivity contribution in [3.63, 3.8) is 0 Å². The molecule has 7 rings (SSSR count). The van der Waals surface area contributed by atoms with Crippen molar-refractivity contribution < 1.29 is 38.9 Å². The van der Waals surface area contributed by atoms with Gasteiger partial charge in [0.15, 0.2) is 0 Å². The molecule has 0 saturated heterocycles. The maximum absolute atomic E-state index is 12.3. The molecule has 250 valence electrons. The molecule has 7 aromatic rings. The Morgan fingerprint density at radius 1 is 0.320 bits per heavy atom. The molecule has 0 bridgehead atoms. The zero-order valence-electron chi connectivity index (χ0n) is 25.8. The van der Waals surface area contributed by atoms with Gasteiger partial charge in [-0.2, -0.15) is 25.3 Å². The van der Waals surface area contributed by atoms with E-state index in [2.05, 4.69) is 0 Å². The molecule has 0 saturated carbocycles. The molecule has 0 fully saturated rings. The van der Waals surface area contributed by atoms with Gasteiger partial charge >= 0.3 is 0 Å². The quantitative estimate of drug-likeness (QED) is 0.108. The van der Waals surface area contributed by atoms with Crippen LogP contribution >= 0.6 is 0 Å². The van der Waals surface area contributed by atoms with E-state index >= 15 is 0 Å². The predicted molar refractivity (Wildman–Crippen MR) is 193 cm³/mol. The van der Waals surface area contributed by atoms with Gasteiger partial charge in [0, 0.05) is 0 Å². The summed E-state index contributed by atoms with van der Waals surface area (Å²) >= 11 is 0. The molecule has 0 radical (unpaired) electrons. The number of rotatable bonds is 7. The van der Waals surface area contributed by atoms with Crippen molar-refractivity contribution in [1.29, 1.82) is 0 Å². The molecule has 0 amide bonds. The van der Waals surface area contributed by atoms with Gasteiger partial charge < -0.3 is 0 Å². The molecule has 0 aromatic heterocycles. The minimum Gasteiger partial charge on any atom is -0.282 e. The SMILES string of the molecule is O=S(=O)(O)c1ccc(-c2cc(S(=O)(=O)O)ccc2-c2c3ccccc3c(-c3ccc(S(=O)(=O)O)cc3-c3ccccc3)c3ccccc23)cc1. The summed E-state index contributed by atoms with van der Waals surface area (Å²) in [6.45, 7) is 0. The van der Waals surface area contributed by atoms with Crippen LogP contribution in [0.2, 0.25) is 0 Å². The third kappa shape index (κ3) is 6.09. The largest absolute Gasteiger partial charge is 0.294 e. The van der Waals surface area contributed by atoms with Gasteiger partial charge in [0.05, 0.1) is 14.7 Å². The van der Waals surface area contributed by atoms with Crippen LogP contribution in [0.1, 0.15) is 0 Å². The maximum atomic E-state index is 12.3. The van der Waals surface area contributed by atoms with Crippen molar-refractivity contribution >= 4 is 51.9 Å². The second kappa shape index (κ2) is 12.3. The normalized spacial score (nSPS) is 12.4. The fraction of sp³-hybridized carbons (Fsp3) is 0. The van der Waals surface area contributed by atoms with Gasteiger partial charge in [-0.3, -0.25) is 13.7 Å². The van der Waals surface area contributed by atoms with Gasteiger partial charge in [-0.1, -0.05) is 103 Å². The van der Waals surface area contributed by atoms with E-state index in [1.54, 1.807) is 12.1 Å². The summed E-state index contributed by atoms with van der Waals surface area (Å²) in [7, 11) is -13.7. The van der Waals surface area contributed by atoms with Crippen LogP contribution in [0.25, 0.3) is 66.1 Å². The lowest BCUT2D eigenvalue weighted by atomic mass is 9.82. The Hall–Kier alpha value is -5.21. The van der Waals surface area contributed by atoms with E-state index in [1.807, 2.05) is 78.9 Å². The summed E-state index contributed by atoms with van der Waals surface area (Å²) in [5.74, 6) is 0. The van der Waals surface area contributed by atoms with Gasteiger partial charge in [-0.05, 0) is 102 Å². The van der Waals surface area contributed by atoms with Crippen LogP contribution in [0.5, 0.6) is 0 Å². The molecule has 3 N–H and O–H groups in total. The Morgan fingerprint density at radius 2 is 0.640 bits per heavy atom. The Labute approximate surface area is 288 Å². The molecule has 12 heteroatoms. The smallest absolute Gasteiger partial charge is 0.282 e. The highest BCUT2D eigenvalue weighted by Gasteiger charge is 2.23. The summed E-state index contributed by atoms with van der Waals surface area (Å²) in [4.78, 5) is -0.969. The number of hydrogen-bond donors (Lipinski definition) is 3. The van der Waals surface area contributed by atoms with Crippen molar-refractivity contribution in [2.75, 3.05) is 0 Å². The molecule has 7 aromatic carbocycles. The molecule has 0 unspecified atom stereocenters. The molecule has 0 spiro atoms. The van der Waals surface area contributed by atoms with Gasteiger partial charge in [-0.25, -0.2) is 0 Å². The first-order valence-electron chi connectivity index (χ1n) is 15.0. The van der Waals surface area contributed by atoms with E-state index in [4.69, 9.17) is 0 Å². The van der Waals surface area contributed by atoms with Crippen molar-refractivity contribution in [3.8, 4) is 44.5 Å². The van der Waals surface area contributed by atoms with Crippen molar-refractivity contribution in [2.45, 2.75) is 14.7 Å². The highest BCUT2D eigenvalue weighted by Crippen LogP contribution is 2.48. The lowest BCUT2D eigenvalue weighted by molar-refractivity contribution is 0.481. The van der Waals surface area contributed by atoms with E-state index < -0.39 is 30.4 Å². The Morgan fingerprint density at radius 3 is 1.00 bits per heavy atom. The van der Waals surface area contributed by atoms with Crippen LogP contribution in [0.3, 0.4) is 0 Å². The third-order valence-corrected chi connectivity index (χ3v) is 11.2. The van der Waals surface area contributed by atoms with Gasteiger partial charge in [0.1, 0.15) is 0 Å². The summed E-state index contributed by atoms with van der Waals surface area (Å²) in [6, 6.07) is 38.3. The van der Waals surface area contributed by atoms with Gasteiger partial charge in [0.2, 0.25) is 0 Å². The van der Waals surface area contributed by atoms with Gasteiger partial charge in [0.25, 0.3) is 30.4 Å². The molecule has 0 atom stereocenters. The van der Waals surface area contributed by atoms with Crippen LogP contribution < -0.4 is 0 Å². The van der Waals surface area contributed by atoms with E-state index in [1.165, 1.54) is 48.5 Å². The first-order valence-corrected chi connectivity index (χ1v) is 19.3. The number of fused-ring (bicyclic) bond motifs is 2. The summed E-state index contributed by atoms with van der Waals surface area (Å²) in [5.41, 5.74) is 4.85. The lowest BCUT2D eigenvalue weighted by Crippen LogP contribution is -2.01. The fourth-order valence-electron chi connectivity index (χ4n) is 6.41. The molecule has 50 heavy (non-hydrogen) atoms. The maximum Gasteiger partial charge on any atom is 0.294 e. The zero-order chi connectivity index (χ0) is 35.4. The minimum absolute atomic E-state index is 0.256. The van der Waals surface area contributed by atoms with E-state index in [0.29, 0.717) is 33.4 Å². The molecule has 0 aliphatic rings. The number of hydrogen-bond acceptors (Lipinski definition) is 6. The number of benzene rings is 7. The Bertz CT molecular complexity index is 2760. The van der Waals surface area contributed by atoms with Crippen molar-refractivity contribution in [2.24, 2.45) is 0 Å². The monoisotopic (exact) mass is 722 g/mol. The topological polar surface area (TPSA) is 163 Å². The first kappa shape index (κ1) is 33.3. The minimum atomic E-state index is -4.63. The van der Waals surface area contributed by atoms with Crippen LogP contribution in [0.15, 0.2) is 154 Å². The van der Waals surface area contributed by atoms with E-state index in [9.17, 15) is 38.9 Å². The average Bonchev–Trinajstić information content (AvgIpc) is 3.09. The summed E-state index contributed by atoms with van der Waals surface area (Å²) in [5, 5.41) is 3.08. The van der Waals surface area contributed by atoms with Crippen molar-refractivity contribution in [1.82, 2.24) is 0 Å². The van der Waals surface area contributed by atoms with E-state index in [0.717, 1.165) is 32.7 Å². The molecular formula is C38H26O9S3. The van der Waals surface area contributed by atoms with Crippen LogP contribution in [0.4, 0.5) is 0 Å². The molecule has 9 nitrogen and oxygen atoms in total. The first-order chi connectivity index (χ1) is 23.7. The van der Waals surface area contributed by atoms with Crippen LogP contribution in [-0.4, -0.2) is 38.9 Å². The second-order valence-electron chi connectivity index (χ2n) is 11.6. The third-order valence-electron chi connectivity index (χ3n) is 8.60. The predicted octanol–water partition coefficient (Wildman–Crippen LogP) is 8.40. The highest BCUT2D eigenvalue weighted by atomic mass is 32.2. The van der Waals surface area contributed by atoms with E-state index in [-0.39, 0.29) is 14.7 Å². The van der Waals surface area contributed by atoms with Crippen LogP contribution in [-0.2, 0) is 30.4 Å². The summed E-state index contributed by atoms with van der Waals surface area (Å²) in [6.07, 6.45) is 0. The lowest BCUT2D eigenvalue weighted by Gasteiger charge is -2.21. The molecule has 0 heterocycles. The average molecular weight is 723 g/mol. The van der Waals surface area contributed by atoms with Gasteiger partial charge in [-0.15, -0.1) is 0 Å². The molecule has 0 aliphatic heterocycles. The van der Waals surface area contributed by atoms with Crippen molar-refractivity contribution in [3.05, 3.63) is 140 Å². The zero-order valence-corrected chi connectivity index (χ0v) is 28.2. The highest BCUT2D eigenvalue weighted by molar-refractivity contribution is 7.86. The Kier molecular flexibility index (Phi) is 8.18. The summed E-state index contributed by atoms with van der Waals surface area (Å²) < 4.78 is 102. The van der Waals surface area contributed by atoms with Crippen LogP contribution in [0, 0.1) is 0 Å². The standard InChI is InChI=1S/C38H26O9S3/c39-48(40,41)26-16-14-25(15-17-26)36-23-28(50(45,46)47)19-21-34(36)38-31-12-6-4-10-29(31)37(30-11-5-7-13-32(30)38)33-20-18-27(49(42,43)44)22-35(33)24-8-2-1-3-9-24/h1-23H,(H,39,40,41)(H,42,43,44)(H,45,46,47). The second-order valence-corrected chi connectivity index (χ2v) is 15.8.